The molecule has 1 saturated carbocycles. The van der Waals surface area contributed by atoms with Crippen molar-refractivity contribution in [1.29, 1.82) is 0 Å². The molecule has 156 valence electrons. The number of nitrogens with zero attached hydrogens (tertiary/aromatic N) is 5. The van der Waals surface area contributed by atoms with Gasteiger partial charge in [-0.25, -0.2) is 4.79 Å². The first kappa shape index (κ1) is 19.4. The van der Waals surface area contributed by atoms with Crippen molar-refractivity contribution in [3.05, 3.63) is 55.8 Å². The number of benzene rings is 1. The lowest BCUT2D eigenvalue weighted by Gasteiger charge is -2.19. The van der Waals surface area contributed by atoms with Crippen LogP contribution < -0.4 is 11.2 Å². The lowest BCUT2D eigenvalue weighted by molar-refractivity contribution is 0.456. The summed E-state index contributed by atoms with van der Waals surface area (Å²) in [6.07, 6.45) is 9.08. The third-order valence-electron chi connectivity index (χ3n) is 6.33. The molecule has 4 aromatic rings. The molecule has 5 rings (SSSR count). The molecule has 0 aliphatic heterocycles. The molecule has 3 heterocycles. The Bertz CT molecular complexity index is 1370. The second-order valence-electron chi connectivity index (χ2n) is 8.20. The van der Waals surface area contributed by atoms with Gasteiger partial charge in [0.1, 0.15) is 0 Å². The largest absolute Gasteiger partial charge is 0.332 e. The van der Waals surface area contributed by atoms with Crippen LogP contribution in [0.5, 0.6) is 0 Å². The molecule has 30 heavy (non-hydrogen) atoms. The summed E-state index contributed by atoms with van der Waals surface area (Å²) in [5.41, 5.74) is 2.34. The van der Waals surface area contributed by atoms with Crippen molar-refractivity contribution < 1.29 is 0 Å². The van der Waals surface area contributed by atoms with Crippen LogP contribution in [0.15, 0.2) is 44.5 Å². The van der Waals surface area contributed by atoms with Crippen LogP contribution in [0, 0.1) is 0 Å². The Kier molecular flexibility index (Phi) is 4.69. The zero-order valence-electron chi connectivity index (χ0n) is 17.1. The Morgan fingerprint density at radius 2 is 1.63 bits per heavy atom. The number of rotatable bonds is 2. The van der Waals surface area contributed by atoms with E-state index < -0.39 is 0 Å². The van der Waals surface area contributed by atoms with Crippen LogP contribution in [0.1, 0.15) is 44.6 Å². The van der Waals surface area contributed by atoms with Crippen molar-refractivity contribution >= 4 is 32.9 Å². The van der Waals surface area contributed by atoms with E-state index in [0.717, 1.165) is 38.9 Å². The minimum atomic E-state index is -0.359. The number of halogens is 1. The van der Waals surface area contributed by atoms with Gasteiger partial charge in [-0.15, -0.1) is 0 Å². The molecule has 1 aliphatic rings. The highest BCUT2D eigenvalue weighted by atomic mass is 79.9. The second-order valence-corrected chi connectivity index (χ2v) is 9.11. The normalized spacial score (nSPS) is 15.8. The van der Waals surface area contributed by atoms with Gasteiger partial charge in [0.2, 0.25) is 5.78 Å². The number of hydrogen-bond acceptors (Lipinski definition) is 3. The van der Waals surface area contributed by atoms with Crippen molar-refractivity contribution in [3.63, 3.8) is 0 Å². The zero-order chi connectivity index (χ0) is 21.0. The van der Waals surface area contributed by atoms with E-state index in [1.807, 2.05) is 22.7 Å². The summed E-state index contributed by atoms with van der Waals surface area (Å²) >= 11 is 3.51. The minimum Gasteiger partial charge on any atom is -0.306 e. The molecule has 0 unspecified atom stereocenters. The zero-order valence-corrected chi connectivity index (χ0v) is 18.7. The van der Waals surface area contributed by atoms with E-state index in [-0.39, 0.29) is 11.2 Å². The van der Waals surface area contributed by atoms with E-state index >= 15 is 0 Å². The molecule has 0 bridgehead atoms. The molecule has 0 radical (unpaired) electrons. The first-order chi connectivity index (χ1) is 14.5. The van der Waals surface area contributed by atoms with Crippen molar-refractivity contribution in [2.24, 2.45) is 14.1 Å². The van der Waals surface area contributed by atoms with Crippen molar-refractivity contribution in [2.75, 3.05) is 0 Å². The molecular formula is C22H24BrN5O2. The number of aromatic nitrogens is 5. The van der Waals surface area contributed by atoms with Crippen molar-refractivity contribution in [1.82, 2.24) is 23.1 Å². The van der Waals surface area contributed by atoms with Crippen LogP contribution in [0.3, 0.4) is 0 Å². The van der Waals surface area contributed by atoms with Crippen LogP contribution in [0.2, 0.25) is 0 Å². The highest BCUT2D eigenvalue weighted by Crippen LogP contribution is 2.35. The Morgan fingerprint density at radius 1 is 0.967 bits per heavy atom. The van der Waals surface area contributed by atoms with Gasteiger partial charge in [0.05, 0.1) is 5.69 Å². The smallest absolute Gasteiger partial charge is 0.306 e. The fourth-order valence-corrected chi connectivity index (χ4v) is 4.96. The van der Waals surface area contributed by atoms with Gasteiger partial charge in [0, 0.05) is 30.8 Å². The number of imidazole rings is 2. The van der Waals surface area contributed by atoms with Gasteiger partial charge in [-0.05, 0) is 30.5 Å². The van der Waals surface area contributed by atoms with Crippen molar-refractivity contribution in [2.45, 2.75) is 44.6 Å². The lowest BCUT2D eigenvalue weighted by Crippen LogP contribution is -2.37. The predicted molar refractivity (Wildman–Crippen MR) is 121 cm³/mol. The molecule has 0 saturated heterocycles. The molecule has 0 amide bonds. The first-order valence-electron chi connectivity index (χ1n) is 10.4. The number of fused-ring (bicyclic) bond motifs is 3. The van der Waals surface area contributed by atoms with Crippen LogP contribution in [-0.2, 0) is 14.1 Å². The van der Waals surface area contributed by atoms with E-state index in [9.17, 15) is 9.59 Å². The summed E-state index contributed by atoms with van der Waals surface area (Å²) in [6.45, 7) is 0. The SMILES string of the molecule is Cn1c(=O)c2c(nc3n(C4CCCCCC4)c(-c4ccc(Br)cc4)cn23)n(C)c1=O. The van der Waals surface area contributed by atoms with Crippen molar-refractivity contribution in [3.8, 4) is 11.3 Å². The van der Waals surface area contributed by atoms with E-state index in [1.54, 1.807) is 7.05 Å². The second kappa shape index (κ2) is 7.27. The van der Waals surface area contributed by atoms with E-state index in [0.29, 0.717) is 17.2 Å². The summed E-state index contributed by atoms with van der Waals surface area (Å²) in [5.74, 6) is 0.730. The van der Waals surface area contributed by atoms with Gasteiger partial charge in [0.15, 0.2) is 11.2 Å². The molecule has 1 fully saturated rings. The average molecular weight is 470 g/mol. The first-order valence-corrected chi connectivity index (χ1v) is 11.2. The van der Waals surface area contributed by atoms with Gasteiger partial charge in [-0.2, -0.15) is 4.98 Å². The molecule has 1 aromatic carbocycles. The maximum Gasteiger partial charge on any atom is 0.332 e. The van der Waals surface area contributed by atoms with Crippen LogP contribution in [-0.4, -0.2) is 23.1 Å². The topological polar surface area (TPSA) is 66.2 Å². The highest BCUT2D eigenvalue weighted by Gasteiger charge is 2.25. The Balaban J connectivity index is 1.86. The van der Waals surface area contributed by atoms with Crippen LogP contribution in [0.4, 0.5) is 0 Å². The summed E-state index contributed by atoms with van der Waals surface area (Å²) in [4.78, 5) is 30.2. The molecule has 0 atom stereocenters. The standard InChI is InChI=1S/C22H24BrN5O2/c1-25-19-18(20(29)26(2)22(25)30)27-13-17(14-9-11-15(23)12-10-14)28(21(27)24-19)16-7-5-3-4-6-8-16/h9-13,16H,3-8H2,1-2H3. The van der Waals surface area contributed by atoms with Crippen LogP contribution in [0.25, 0.3) is 28.2 Å². The molecule has 7 nitrogen and oxygen atoms in total. The molecule has 8 heteroatoms. The lowest BCUT2D eigenvalue weighted by atomic mass is 10.1. The molecule has 1 aliphatic carbocycles. The molecular weight excluding hydrogens is 446 g/mol. The summed E-state index contributed by atoms with van der Waals surface area (Å²) in [6, 6.07) is 8.55. The van der Waals surface area contributed by atoms with Gasteiger partial charge in [0.25, 0.3) is 5.56 Å². The van der Waals surface area contributed by atoms with Gasteiger partial charge < -0.3 is 4.57 Å². The fraction of sp³-hybridized carbons (Fsp3) is 0.409. The third kappa shape index (κ3) is 2.88. The fourth-order valence-electron chi connectivity index (χ4n) is 4.70. The number of hydrogen-bond donors (Lipinski definition) is 0. The Hall–Kier alpha value is -2.61. The summed E-state index contributed by atoms with van der Waals surface area (Å²) in [7, 11) is 3.18. The maximum absolute atomic E-state index is 13.0. The summed E-state index contributed by atoms with van der Waals surface area (Å²) in [5, 5.41) is 0. The molecule has 0 N–H and O–H groups in total. The average Bonchev–Trinajstić information content (AvgIpc) is 3.16. The quantitative estimate of drug-likeness (QED) is 0.416. The third-order valence-corrected chi connectivity index (χ3v) is 6.86. The number of aryl methyl sites for hydroxylation is 1. The summed E-state index contributed by atoms with van der Waals surface area (Å²) < 4.78 is 7.80. The highest BCUT2D eigenvalue weighted by molar-refractivity contribution is 9.10. The minimum absolute atomic E-state index is 0.319. The predicted octanol–water partition coefficient (Wildman–Crippen LogP) is 4.01. The maximum atomic E-state index is 13.0. The van der Waals surface area contributed by atoms with E-state index in [4.69, 9.17) is 4.98 Å². The Labute approximate surface area is 181 Å². The van der Waals surface area contributed by atoms with E-state index in [1.165, 1.54) is 37.3 Å². The monoisotopic (exact) mass is 469 g/mol. The van der Waals surface area contributed by atoms with Gasteiger partial charge >= 0.3 is 5.69 Å². The van der Waals surface area contributed by atoms with E-state index in [2.05, 4.69) is 32.6 Å². The Morgan fingerprint density at radius 3 is 2.30 bits per heavy atom. The molecule has 0 spiro atoms. The van der Waals surface area contributed by atoms with Gasteiger partial charge in [-0.1, -0.05) is 53.7 Å². The molecule has 3 aromatic heterocycles. The van der Waals surface area contributed by atoms with Gasteiger partial charge in [-0.3, -0.25) is 18.3 Å². The van der Waals surface area contributed by atoms with Crippen LogP contribution >= 0.6 is 15.9 Å².